The number of alkyl halides is 3. The van der Waals surface area contributed by atoms with E-state index >= 15 is 0 Å². The highest BCUT2D eigenvalue weighted by Crippen LogP contribution is 2.25. The highest BCUT2D eigenvalue weighted by molar-refractivity contribution is 5.85. The molecular formula is C11H14ClF3N2O3. The van der Waals surface area contributed by atoms with E-state index in [1.807, 2.05) is 0 Å². The average Bonchev–Trinajstić information content (AvgIpc) is 2.34. The summed E-state index contributed by atoms with van der Waals surface area (Å²) < 4.78 is 40.2. The van der Waals surface area contributed by atoms with Crippen LogP contribution in [-0.4, -0.2) is 30.0 Å². The van der Waals surface area contributed by atoms with Crippen molar-refractivity contribution in [2.45, 2.75) is 18.9 Å². The van der Waals surface area contributed by atoms with Gasteiger partial charge in [0, 0.05) is 12.1 Å². The second-order valence-electron chi connectivity index (χ2n) is 3.66. The summed E-state index contributed by atoms with van der Waals surface area (Å²) in [6.07, 6.45) is -4.80. The van der Waals surface area contributed by atoms with Gasteiger partial charge in [-0.25, -0.2) is 0 Å². The first-order valence-electron chi connectivity index (χ1n) is 5.31. The van der Waals surface area contributed by atoms with Crippen LogP contribution in [-0.2, 0) is 11.3 Å². The molecule has 9 heteroatoms. The summed E-state index contributed by atoms with van der Waals surface area (Å²) in [5.41, 5.74) is 5.40. The van der Waals surface area contributed by atoms with Crippen LogP contribution in [0.25, 0.3) is 0 Å². The summed E-state index contributed by atoms with van der Waals surface area (Å²) in [5, 5.41) is 11.0. The predicted octanol–water partition coefficient (Wildman–Crippen LogP) is 0.943. The highest BCUT2D eigenvalue weighted by Gasteiger charge is 2.32. The lowest BCUT2D eigenvalue weighted by molar-refractivity contribution is -0.274. The van der Waals surface area contributed by atoms with Gasteiger partial charge in [0.1, 0.15) is 11.8 Å². The molecule has 0 bridgehead atoms. The van der Waals surface area contributed by atoms with Crippen LogP contribution in [0.1, 0.15) is 5.56 Å². The molecule has 1 aromatic carbocycles. The van der Waals surface area contributed by atoms with Crippen molar-refractivity contribution in [3.63, 3.8) is 0 Å². The number of aliphatic hydroxyl groups excluding tert-OH is 1. The Bertz CT molecular complexity index is 443. The normalized spacial score (nSPS) is 12.2. The van der Waals surface area contributed by atoms with Crippen LogP contribution in [0.15, 0.2) is 24.3 Å². The van der Waals surface area contributed by atoms with Gasteiger partial charge in [0.25, 0.3) is 0 Å². The van der Waals surface area contributed by atoms with Gasteiger partial charge in [0.15, 0.2) is 0 Å². The lowest BCUT2D eigenvalue weighted by atomic mass is 10.2. The molecule has 0 spiro atoms. The molecular weight excluding hydrogens is 301 g/mol. The zero-order valence-electron chi connectivity index (χ0n) is 10.2. The lowest BCUT2D eigenvalue weighted by Crippen LogP contribution is -2.42. The molecule has 0 heterocycles. The van der Waals surface area contributed by atoms with E-state index in [1.54, 1.807) is 0 Å². The Morgan fingerprint density at radius 1 is 1.40 bits per heavy atom. The Hall–Kier alpha value is -1.51. The molecule has 114 valence electrons. The number of ether oxygens (including phenoxy) is 1. The minimum Gasteiger partial charge on any atom is -0.405 e. The maximum atomic E-state index is 12.1. The number of halogens is 4. The minimum absolute atomic E-state index is 0. The number of amides is 1. The van der Waals surface area contributed by atoms with E-state index < -0.39 is 30.7 Å². The SMILES string of the molecule is Cl.NC(CO)C(=O)NCc1ccccc1OC(F)(F)F. The van der Waals surface area contributed by atoms with Crippen LogP contribution >= 0.6 is 12.4 Å². The number of nitrogens with one attached hydrogen (secondary N) is 1. The first-order valence-corrected chi connectivity index (χ1v) is 5.31. The second-order valence-corrected chi connectivity index (χ2v) is 3.66. The fourth-order valence-electron chi connectivity index (χ4n) is 1.27. The summed E-state index contributed by atoms with van der Waals surface area (Å²) in [7, 11) is 0. The third-order valence-corrected chi connectivity index (χ3v) is 2.18. The molecule has 1 atom stereocenters. The Morgan fingerprint density at radius 3 is 2.55 bits per heavy atom. The van der Waals surface area contributed by atoms with Crippen LogP contribution in [0.5, 0.6) is 5.75 Å². The maximum absolute atomic E-state index is 12.1. The quantitative estimate of drug-likeness (QED) is 0.755. The fraction of sp³-hybridized carbons (Fsp3) is 0.364. The molecule has 0 aromatic heterocycles. The van der Waals surface area contributed by atoms with Gasteiger partial charge in [-0.3, -0.25) is 4.79 Å². The molecule has 0 radical (unpaired) electrons. The van der Waals surface area contributed by atoms with Crippen LogP contribution in [0.2, 0.25) is 0 Å². The van der Waals surface area contributed by atoms with Crippen molar-refractivity contribution in [3.05, 3.63) is 29.8 Å². The number of aliphatic hydroxyl groups is 1. The van der Waals surface area contributed by atoms with E-state index in [0.717, 1.165) is 6.07 Å². The van der Waals surface area contributed by atoms with E-state index in [4.69, 9.17) is 10.8 Å². The topological polar surface area (TPSA) is 84.6 Å². The number of carbonyl (C=O) groups excluding carboxylic acids is 1. The molecule has 0 aliphatic rings. The standard InChI is InChI=1S/C11H13F3N2O3.ClH/c12-11(13,14)19-9-4-2-1-3-7(9)5-16-10(18)8(15)6-17;/h1-4,8,17H,5-6,15H2,(H,16,18);1H. The highest BCUT2D eigenvalue weighted by atomic mass is 35.5. The summed E-state index contributed by atoms with van der Waals surface area (Å²) in [5.74, 6) is -1.06. The molecule has 1 rings (SSSR count). The summed E-state index contributed by atoms with van der Waals surface area (Å²) >= 11 is 0. The first kappa shape index (κ1) is 18.5. The summed E-state index contributed by atoms with van der Waals surface area (Å²) in [6, 6.07) is 4.30. The van der Waals surface area contributed by atoms with Crippen LogP contribution in [0, 0.1) is 0 Å². The number of benzene rings is 1. The first-order chi connectivity index (χ1) is 8.83. The van der Waals surface area contributed by atoms with E-state index in [2.05, 4.69) is 10.1 Å². The van der Waals surface area contributed by atoms with Gasteiger partial charge in [-0.15, -0.1) is 25.6 Å². The smallest absolute Gasteiger partial charge is 0.405 e. The Labute approximate surface area is 119 Å². The van der Waals surface area contributed by atoms with E-state index in [-0.39, 0.29) is 24.5 Å². The van der Waals surface area contributed by atoms with Gasteiger partial charge in [0.05, 0.1) is 6.61 Å². The number of hydrogen-bond donors (Lipinski definition) is 3. The van der Waals surface area contributed by atoms with Crippen molar-refractivity contribution >= 4 is 18.3 Å². The zero-order chi connectivity index (χ0) is 14.5. The molecule has 0 aliphatic heterocycles. The monoisotopic (exact) mass is 314 g/mol. The van der Waals surface area contributed by atoms with Crippen LogP contribution in [0.4, 0.5) is 13.2 Å². The molecule has 5 nitrogen and oxygen atoms in total. The van der Waals surface area contributed by atoms with Gasteiger partial charge >= 0.3 is 6.36 Å². The molecule has 20 heavy (non-hydrogen) atoms. The largest absolute Gasteiger partial charge is 0.573 e. The molecule has 0 saturated heterocycles. The molecule has 1 amide bonds. The fourth-order valence-corrected chi connectivity index (χ4v) is 1.27. The number of carbonyl (C=O) groups is 1. The number of hydrogen-bond acceptors (Lipinski definition) is 4. The number of rotatable bonds is 5. The van der Waals surface area contributed by atoms with E-state index in [9.17, 15) is 18.0 Å². The summed E-state index contributed by atoms with van der Waals surface area (Å²) in [4.78, 5) is 11.3. The number of para-hydroxylation sites is 1. The lowest BCUT2D eigenvalue weighted by Gasteiger charge is -2.14. The number of nitrogens with two attached hydrogens (primary N) is 1. The average molecular weight is 315 g/mol. The molecule has 0 fully saturated rings. The van der Waals surface area contributed by atoms with Gasteiger partial charge in [-0.1, -0.05) is 18.2 Å². The van der Waals surface area contributed by atoms with Crippen molar-refractivity contribution < 1.29 is 27.8 Å². The molecule has 0 saturated carbocycles. The van der Waals surface area contributed by atoms with Crippen molar-refractivity contribution in [3.8, 4) is 5.75 Å². The predicted molar refractivity (Wildman–Crippen MR) is 67.3 cm³/mol. The van der Waals surface area contributed by atoms with Gasteiger partial charge < -0.3 is 20.9 Å². The van der Waals surface area contributed by atoms with Crippen molar-refractivity contribution in [1.29, 1.82) is 0 Å². The van der Waals surface area contributed by atoms with Crippen molar-refractivity contribution in [1.82, 2.24) is 5.32 Å². The molecule has 0 aliphatic carbocycles. The zero-order valence-corrected chi connectivity index (χ0v) is 11.0. The van der Waals surface area contributed by atoms with Crippen molar-refractivity contribution in [2.24, 2.45) is 5.73 Å². The Morgan fingerprint density at radius 2 is 2.00 bits per heavy atom. The second kappa shape index (κ2) is 7.93. The third kappa shape index (κ3) is 6.09. The van der Waals surface area contributed by atoms with Gasteiger partial charge in [0.2, 0.25) is 5.91 Å². The molecule has 1 unspecified atom stereocenters. The van der Waals surface area contributed by atoms with E-state index in [0.29, 0.717) is 0 Å². The third-order valence-electron chi connectivity index (χ3n) is 2.18. The Kier molecular flexibility index (Phi) is 7.33. The molecule has 4 N–H and O–H groups in total. The van der Waals surface area contributed by atoms with Crippen LogP contribution < -0.4 is 15.8 Å². The summed E-state index contributed by atoms with van der Waals surface area (Å²) in [6.45, 7) is -0.731. The minimum atomic E-state index is -4.80. The van der Waals surface area contributed by atoms with Crippen LogP contribution in [0.3, 0.4) is 0 Å². The Balaban J connectivity index is 0.00000361. The van der Waals surface area contributed by atoms with Crippen molar-refractivity contribution in [2.75, 3.05) is 6.61 Å². The molecule has 1 aromatic rings. The van der Waals surface area contributed by atoms with Gasteiger partial charge in [-0.05, 0) is 6.07 Å². The van der Waals surface area contributed by atoms with Gasteiger partial charge in [-0.2, -0.15) is 0 Å². The van der Waals surface area contributed by atoms with E-state index in [1.165, 1.54) is 18.2 Å². The maximum Gasteiger partial charge on any atom is 0.573 e.